The van der Waals surface area contributed by atoms with Crippen molar-refractivity contribution in [2.24, 2.45) is 5.92 Å². The molecule has 1 aromatic carbocycles. The van der Waals surface area contributed by atoms with E-state index in [-0.39, 0.29) is 5.76 Å². The number of hydrogen-bond acceptors (Lipinski definition) is 3. The van der Waals surface area contributed by atoms with E-state index in [4.69, 9.17) is 9.52 Å². The first-order valence-electron chi connectivity index (χ1n) is 7.48. The maximum atomic E-state index is 10.9. The second-order valence-corrected chi connectivity index (χ2v) is 5.82. The van der Waals surface area contributed by atoms with Gasteiger partial charge in [0, 0.05) is 18.0 Å². The van der Waals surface area contributed by atoms with E-state index in [1.54, 1.807) is 6.07 Å². The molecule has 2 aromatic rings. The van der Waals surface area contributed by atoms with E-state index in [0.717, 1.165) is 29.8 Å². The molecule has 4 heteroatoms. The minimum absolute atomic E-state index is 0.0137. The Morgan fingerprint density at radius 1 is 1.33 bits per heavy atom. The molecule has 0 amide bonds. The predicted octanol–water partition coefficient (Wildman–Crippen LogP) is 4.05. The Kier molecular flexibility index (Phi) is 5.02. The van der Waals surface area contributed by atoms with Gasteiger partial charge in [-0.3, -0.25) is 0 Å². The number of hydrogen-bond donors (Lipinski definition) is 2. The largest absolute Gasteiger partial charge is 0.475 e. The van der Waals surface area contributed by atoms with Gasteiger partial charge >= 0.3 is 5.97 Å². The number of aromatic carboxylic acids is 1. The van der Waals surface area contributed by atoms with Gasteiger partial charge in [0.05, 0.1) is 0 Å². The first kappa shape index (κ1) is 15.6. The topological polar surface area (TPSA) is 62.5 Å². The Morgan fingerprint density at radius 3 is 2.76 bits per heavy atom. The summed E-state index contributed by atoms with van der Waals surface area (Å²) in [7, 11) is 0. The Hall–Kier alpha value is -1.81. The van der Waals surface area contributed by atoms with E-state index in [1.807, 2.05) is 18.2 Å². The van der Waals surface area contributed by atoms with Gasteiger partial charge in [-0.25, -0.2) is 4.79 Å². The number of carboxylic acids is 1. The molecule has 0 saturated heterocycles. The Morgan fingerprint density at radius 2 is 2.10 bits per heavy atom. The van der Waals surface area contributed by atoms with Gasteiger partial charge in [-0.05, 0) is 43.0 Å². The summed E-state index contributed by atoms with van der Waals surface area (Å²) in [6.45, 7) is 7.46. The van der Waals surface area contributed by atoms with Crippen LogP contribution in [0.2, 0.25) is 0 Å². The molecule has 1 aromatic heterocycles. The zero-order valence-electron chi connectivity index (χ0n) is 12.8. The standard InChI is InChI=1S/C17H23NO3/c1-4-11(2)7-12(3)18-10-13-5-6-15-14(8-13)9-16(21-15)17(19)20/h5-6,8-9,11-12,18H,4,7,10H2,1-3H3,(H,19,20). The number of furan rings is 1. The van der Waals surface area contributed by atoms with Crippen LogP contribution in [0, 0.1) is 5.92 Å². The van der Waals surface area contributed by atoms with Crippen molar-refractivity contribution in [2.75, 3.05) is 0 Å². The predicted molar refractivity (Wildman–Crippen MR) is 83.5 cm³/mol. The summed E-state index contributed by atoms with van der Waals surface area (Å²) in [5, 5.41) is 13.3. The van der Waals surface area contributed by atoms with E-state index in [0.29, 0.717) is 11.6 Å². The summed E-state index contributed by atoms with van der Waals surface area (Å²) in [5.74, 6) is -0.324. The van der Waals surface area contributed by atoms with Gasteiger partial charge in [0.15, 0.2) is 0 Å². The lowest BCUT2D eigenvalue weighted by atomic mass is 10.0. The number of fused-ring (bicyclic) bond motifs is 1. The first-order valence-corrected chi connectivity index (χ1v) is 7.48. The molecule has 0 aliphatic heterocycles. The van der Waals surface area contributed by atoms with Crippen LogP contribution in [0.3, 0.4) is 0 Å². The van der Waals surface area contributed by atoms with Crippen molar-refractivity contribution >= 4 is 16.9 Å². The van der Waals surface area contributed by atoms with Gasteiger partial charge in [0.25, 0.3) is 0 Å². The van der Waals surface area contributed by atoms with Gasteiger partial charge in [-0.2, -0.15) is 0 Å². The molecule has 0 aliphatic carbocycles. The molecule has 0 spiro atoms. The van der Waals surface area contributed by atoms with E-state index in [9.17, 15) is 4.79 Å². The highest BCUT2D eigenvalue weighted by atomic mass is 16.4. The van der Waals surface area contributed by atoms with Crippen LogP contribution in [0.5, 0.6) is 0 Å². The summed E-state index contributed by atoms with van der Waals surface area (Å²) >= 11 is 0. The van der Waals surface area contributed by atoms with Crippen molar-refractivity contribution in [3.63, 3.8) is 0 Å². The van der Waals surface area contributed by atoms with Crippen molar-refractivity contribution in [1.29, 1.82) is 0 Å². The van der Waals surface area contributed by atoms with E-state index < -0.39 is 5.97 Å². The fourth-order valence-corrected chi connectivity index (χ4v) is 2.45. The fourth-order valence-electron chi connectivity index (χ4n) is 2.45. The van der Waals surface area contributed by atoms with Crippen LogP contribution < -0.4 is 5.32 Å². The molecule has 0 radical (unpaired) electrons. The minimum atomic E-state index is -1.03. The Bertz CT molecular complexity index is 618. The van der Waals surface area contributed by atoms with Crippen LogP contribution >= 0.6 is 0 Å². The molecule has 21 heavy (non-hydrogen) atoms. The molecule has 4 nitrogen and oxygen atoms in total. The molecular formula is C17H23NO3. The molecule has 2 atom stereocenters. The number of carbonyl (C=O) groups is 1. The van der Waals surface area contributed by atoms with E-state index >= 15 is 0 Å². The van der Waals surface area contributed by atoms with Crippen LogP contribution in [0.4, 0.5) is 0 Å². The molecule has 0 aliphatic rings. The zero-order valence-corrected chi connectivity index (χ0v) is 12.8. The average Bonchev–Trinajstić information content (AvgIpc) is 2.88. The Labute approximate surface area is 125 Å². The van der Waals surface area contributed by atoms with Gasteiger partial charge in [-0.15, -0.1) is 0 Å². The van der Waals surface area contributed by atoms with Crippen molar-refractivity contribution in [1.82, 2.24) is 5.32 Å². The molecule has 2 N–H and O–H groups in total. The molecule has 2 unspecified atom stereocenters. The average molecular weight is 289 g/mol. The highest BCUT2D eigenvalue weighted by molar-refractivity contribution is 5.91. The van der Waals surface area contributed by atoms with Gasteiger partial charge in [-0.1, -0.05) is 26.3 Å². The number of benzene rings is 1. The maximum Gasteiger partial charge on any atom is 0.371 e. The smallest absolute Gasteiger partial charge is 0.371 e. The molecule has 0 fully saturated rings. The lowest BCUT2D eigenvalue weighted by Crippen LogP contribution is -2.27. The first-order chi connectivity index (χ1) is 9.99. The Balaban J connectivity index is 2.00. The molecule has 0 saturated carbocycles. The van der Waals surface area contributed by atoms with Crippen LogP contribution in [0.15, 0.2) is 28.7 Å². The number of rotatable bonds is 7. The highest BCUT2D eigenvalue weighted by Crippen LogP contribution is 2.21. The van der Waals surface area contributed by atoms with Crippen molar-refractivity contribution in [3.8, 4) is 0 Å². The molecule has 1 heterocycles. The van der Waals surface area contributed by atoms with Gasteiger partial charge < -0.3 is 14.8 Å². The molecule has 0 bridgehead atoms. The third-order valence-corrected chi connectivity index (χ3v) is 3.90. The zero-order chi connectivity index (χ0) is 15.4. The maximum absolute atomic E-state index is 10.9. The molecular weight excluding hydrogens is 266 g/mol. The third kappa shape index (κ3) is 4.08. The van der Waals surface area contributed by atoms with Gasteiger partial charge in [0.2, 0.25) is 5.76 Å². The van der Waals surface area contributed by atoms with Gasteiger partial charge in [0.1, 0.15) is 5.58 Å². The summed E-state index contributed by atoms with van der Waals surface area (Å²) in [4.78, 5) is 10.9. The lowest BCUT2D eigenvalue weighted by Gasteiger charge is -2.17. The van der Waals surface area contributed by atoms with Crippen LogP contribution in [-0.2, 0) is 6.54 Å². The number of carboxylic acid groups (broad SMARTS) is 1. The highest BCUT2D eigenvalue weighted by Gasteiger charge is 2.11. The van der Waals surface area contributed by atoms with Crippen LogP contribution in [0.25, 0.3) is 11.0 Å². The summed E-state index contributed by atoms with van der Waals surface area (Å²) in [6, 6.07) is 7.82. The van der Waals surface area contributed by atoms with E-state index in [2.05, 4.69) is 26.1 Å². The lowest BCUT2D eigenvalue weighted by molar-refractivity contribution is 0.0665. The van der Waals surface area contributed by atoms with Crippen molar-refractivity contribution < 1.29 is 14.3 Å². The second-order valence-electron chi connectivity index (χ2n) is 5.82. The summed E-state index contributed by atoms with van der Waals surface area (Å²) in [5.41, 5.74) is 1.75. The van der Waals surface area contributed by atoms with Crippen molar-refractivity contribution in [2.45, 2.75) is 46.2 Å². The normalized spacial score (nSPS) is 14.2. The second kappa shape index (κ2) is 6.76. The minimum Gasteiger partial charge on any atom is -0.475 e. The quantitative estimate of drug-likeness (QED) is 0.807. The summed E-state index contributed by atoms with van der Waals surface area (Å²) < 4.78 is 5.26. The molecule has 2 rings (SSSR count). The van der Waals surface area contributed by atoms with Crippen molar-refractivity contribution in [3.05, 3.63) is 35.6 Å². The fraction of sp³-hybridized carbons (Fsp3) is 0.471. The summed E-state index contributed by atoms with van der Waals surface area (Å²) in [6.07, 6.45) is 2.36. The molecule has 114 valence electrons. The van der Waals surface area contributed by atoms with Crippen LogP contribution in [0.1, 0.15) is 49.7 Å². The monoisotopic (exact) mass is 289 g/mol. The van der Waals surface area contributed by atoms with Crippen LogP contribution in [-0.4, -0.2) is 17.1 Å². The SMILES string of the molecule is CCC(C)CC(C)NCc1ccc2oc(C(=O)O)cc2c1. The number of nitrogens with one attached hydrogen (secondary N) is 1. The third-order valence-electron chi connectivity index (χ3n) is 3.90. The van der Waals surface area contributed by atoms with E-state index in [1.165, 1.54) is 6.42 Å².